The molecule has 1 aliphatic carbocycles. The number of rotatable bonds is 5. The lowest BCUT2D eigenvalue weighted by Gasteiger charge is -2.13. The second-order valence-electron chi connectivity index (χ2n) is 6.97. The van der Waals surface area contributed by atoms with Crippen molar-refractivity contribution >= 4 is 17.3 Å². The Labute approximate surface area is 160 Å². The number of hydrogen-bond donors (Lipinski definition) is 2. The van der Waals surface area contributed by atoms with Crippen LogP contribution in [0.25, 0.3) is 11.4 Å². The third kappa shape index (κ3) is 3.27. The van der Waals surface area contributed by atoms with Crippen molar-refractivity contribution in [3.63, 3.8) is 0 Å². The largest absolute Gasteiger partial charge is 0.381 e. The van der Waals surface area contributed by atoms with Crippen LogP contribution in [-0.2, 0) is 4.74 Å². The molecule has 2 aliphatic rings. The predicted molar refractivity (Wildman–Crippen MR) is 100 cm³/mol. The zero-order chi connectivity index (χ0) is 19.1. The minimum absolute atomic E-state index is 0.266. The molecule has 3 aromatic rings. The van der Waals surface area contributed by atoms with Crippen LogP contribution in [0.5, 0.6) is 0 Å². The summed E-state index contributed by atoms with van der Waals surface area (Å²) in [7, 11) is 0. The van der Waals surface area contributed by atoms with Crippen molar-refractivity contribution in [2.45, 2.75) is 6.04 Å². The molecule has 0 radical (unpaired) electrons. The van der Waals surface area contributed by atoms with Gasteiger partial charge in [-0.25, -0.2) is 19.3 Å². The zero-order valence-corrected chi connectivity index (χ0v) is 14.8. The molecule has 6 nitrogen and oxygen atoms in total. The maximum atomic E-state index is 14.3. The van der Waals surface area contributed by atoms with Gasteiger partial charge in [0, 0.05) is 23.9 Å². The van der Waals surface area contributed by atoms with E-state index in [2.05, 4.69) is 25.6 Å². The van der Waals surface area contributed by atoms with Crippen molar-refractivity contribution in [3.8, 4) is 11.4 Å². The highest BCUT2D eigenvalue weighted by atomic mass is 19.1. The standard InChI is InChI=1S/C20H17F2N5O/c21-15-4-2-1-3-12(15)20-26-17(24-11-5-6-16(22)23-8-11)7-18(27-20)25-19-13-9-28-10-14(13)19/h1-8,13-14,19H,9-10H2,(H2,24,25,26,27). The second-order valence-corrected chi connectivity index (χ2v) is 6.97. The van der Waals surface area contributed by atoms with Gasteiger partial charge in [0.25, 0.3) is 0 Å². The molecule has 2 N–H and O–H groups in total. The van der Waals surface area contributed by atoms with Crippen LogP contribution in [0, 0.1) is 23.6 Å². The number of hydrogen-bond acceptors (Lipinski definition) is 6. The average Bonchev–Trinajstić information content (AvgIpc) is 3.11. The second kappa shape index (κ2) is 6.79. The fraction of sp³-hybridized carbons (Fsp3) is 0.250. The molecule has 142 valence electrons. The van der Waals surface area contributed by atoms with Crippen LogP contribution in [0.1, 0.15) is 0 Å². The number of pyridine rings is 1. The van der Waals surface area contributed by atoms with Crippen LogP contribution in [0.15, 0.2) is 48.7 Å². The summed E-state index contributed by atoms with van der Waals surface area (Å²) in [4.78, 5) is 12.6. The summed E-state index contributed by atoms with van der Waals surface area (Å²) in [5.74, 6) is 1.35. The van der Waals surface area contributed by atoms with Gasteiger partial charge in [0.15, 0.2) is 5.82 Å². The Kier molecular flexibility index (Phi) is 4.12. The summed E-state index contributed by atoms with van der Waals surface area (Å²) in [6, 6.07) is 11.2. The van der Waals surface area contributed by atoms with Crippen LogP contribution in [0.2, 0.25) is 0 Å². The van der Waals surface area contributed by atoms with Crippen molar-refractivity contribution in [1.29, 1.82) is 0 Å². The quantitative estimate of drug-likeness (QED) is 0.658. The van der Waals surface area contributed by atoms with Crippen LogP contribution >= 0.6 is 0 Å². The molecule has 3 heterocycles. The van der Waals surface area contributed by atoms with E-state index >= 15 is 0 Å². The SMILES string of the molecule is Fc1ccc(Nc2cc(NC3C4COCC43)nc(-c3ccccc3F)n2)cn1. The minimum Gasteiger partial charge on any atom is -0.381 e. The number of ether oxygens (including phenoxy) is 1. The van der Waals surface area contributed by atoms with E-state index in [1.165, 1.54) is 18.3 Å². The first kappa shape index (κ1) is 17.0. The third-order valence-electron chi connectivity index (χ3n) is 5.11. The van der Waals surface area contributed by atoms with Gasteiger partial charge in [0.2, 0.25) is 5.95 Å². The number of anilines is 3. The van der Waals surface area contributed by atoms with Gasteiger partial charge < -0.3 is 15.4 Å². The summed E-state index contributed by atoms with van der Waals surface area (Å²) in [5.41, 5.74) is 0.882. The zero-order valence-electron chi connectivity index (χ0n) is 14.8. The molecule has 1 saturated carbocycles. The van der Waals surface area contributed by atoms with Gasteiger partial charge >= 0.3 is 0 Å². The number of nitrogens with zero attached hydrogens (tertiary/aromatic N) is 3. The highest BCUT2D eigenvalue weighted by Gasteiger charge is 2.54. The Morgan fingerprint density at radius 2 is 1.75 bits per heavy atom. The first-order valence-corrected chi connectivity index (χ1v) is 9.04. The number of benzene rings is 1. The van der Waals surface area contributed by atoms with Gasteiger partial charge in [-0.15, -0.1) is 0 Å². The third-order valence-corrected chi connectivity index (χ3v) is 5.11. The summed E-state index contributed by atoms with van der Waals surface area (Å²) in [5, 5.41) is 6.49. The number of aromatic nitrogens is 3. The van der Waals surface area contributed by atoms with E-state index in [0.29, 0.717) is 40.8 Å². The van der Waals surface area contributed by atoms with E-state index in [1.54, 1.807) is 30.3 Å². The molecule has 0 amide bonds. The van der Waals surface area contributed by atoms with E-state index in [-0.39, 0.29) is 5.82 Å². The van der Waals surface area contributed by atoms with Crippen molar-refractivity contribution in [1.82, 2.24) is 15.0 Å². The van der Waals surface area contributed by atoms with E-state index in [4.69, 9.17) is 4.74 Å². The molecular weight excluding hydrogens is 364 g/mol. The molecule has 1 aliphatic heterocycles. The molecule has 5 rings (SSSR count). The lowest BCUT2D eigenvalue weighted by atomic mass is 10.2. The Morgan fingerprint density at radius 1 is 0.964 bits per heavy atom. The molecule has 28 heavy (non-hydrogen) atoms. The first-order valence-electron chi connectivity index (χ1n) is 9.04. The first-order chi connectivity index (χ1) is 13.7. The fourth-order valence-electron chi connectivity index (χ4n) is 3.57. The van der Waals surface area contributed by atoms with Gasteiger partial charge in [-0.3, -0.25) is 0 Å². The van der Waals surface area contributed by atoms with E-state index in [9.17, 15) is 8.78 Å². The molecular formula is C20H17F2N5O. The monoisotopic (exact) mass is 381 g/mol. The number of halogens is 2. The Balaban J connectivity index is 1.48. The van der Waals surface area contributed by atoms with Crippen LogP contribution in [0.4, 0.5) is 26.1 Å². The summed E-state index contributed by atoms with van der Waals surface area (Å²) in [6.07, 6.45) is 1.37. The van der Waals surface area contributed by atoms with Crippen LogP contribution < -0.4 is 10.6 Å². The maximum Gasteiger partial charge on any atom is 0.212 e. The normalized spacial score (nSPS) is 22.6. The van der Waals surface area contributed by atoms with Gasteiger partial charge in [-0.1, -0.05) is 12.1 Å². The van der Waals surface area contributed by atoms with Gasteiger partial charge in [0.05, 0.1) is 30.7 Å². The number of fused-ring (bicyclic) bond motifs is 1. The molecule has 0 bridgehead atoms. The average molecular weight is 381 g/mol. The topological polar surface area (TPSA) is 72.0 Å². The molecule has 1 saturated heterocycles. The summed E-state index contributed by atoms with van der Waals surface area (Å²) in [6.45, 7) is 1.50. The molecule has 2 aromatic heterocycles. The highest BCUT2D eigenvalue weighted by Crippen LogP contribution is 2.46. The van der Waals surface area contributed by atoms with E-state index < -0.39 is 11.8 Å². The van der Waals surface area contributed by atoms with Crippen molar-refractivity contribution in [2.75, 3.05) is 23.8 Å². The minimum atomic E-state index is -0.565. The Morgan fingerprint density at radius 3 is 2.50 bits per heavy atom. The molecule has 2 unspecified atom stereocenters. The summed E-state index contributed by atoms with van der Waals surface area (Å²) >= 11 is 0. The van der Waals surface area contributed by atoms with E-state index in [1.807, 2.05) is 0 Å². The lowest BCUT2D eigenvalue weighted by Crippen LogP contribution is -2.14. The Hall–Kier alpha value is -3.13. The summed E-state index contributed by atoms with van der Waals surface area (Å²) < 4.78 is 32.8. The lowest BCUT2D eigenvalue weighted by molar-refractivity contribution is 0.162. The van der Waals surface area contributed by atoms with Crippen molar-refractivity contribution < 1.29 is 13.5 Å². The molecule has 2 atom stereocenters. The van der Waals surface area contributed by atoms with E-state index in [0.717, 1.165) is 13.2 Å². The molecule has 1 aromatic carbocycles. The molecule has 0 spiro atoms. The highest BCUT2D eigenvalue weighted by molar-refractivity contribution is 5.65. The molecule has 2 fully saturated rings. The smallest absolute Gasteiger partial charge is 0.212 e. The Bertz CT molecular complexity index is 1000. The van der Waals surface area contributed by atoms with Crippen LogP contribution in [0.3, 0.4) is 0 Å². The van der Waals surface area contributed by atoms with Crippen molar-refractivity contribution in [3.05, 3.63) is 60.4 Å². The fourth-order valence-corrected chi connectivity index (χ4v) is 3.57. The predicted octanol–water partition coefficient (Wildman–Crippen LogP) is 3.62. The maximum absolute atomic E-state index is 14.3. The number of nitrogens with one attached hydrogen (secondary N) is 2. The van der Waals surface area contributed by atoms with Gasteiger partial charge in [0.1, 0.15) is 17.5 Å². The van der Waals surface area contributed by atoms with Gasteiger partial charge in [-0.2, -0.15) is 4.39 Å². The molecule has 8 heteroatoms. The van der Waals surface area contributed by atoms with Crippen molar-refractivity contribution in [2.24, 2.45) is 11.8 Å². The van der Waals surface area contributed by atoms with Crippen LogP contribution in [-0.4, -0.2) is 34.2 Å². The van der Waals surface area contributed by atoms with Gasteiger partial charge in [-0.05, 0) is 24.3 Å².